The first-order valence-electron chi connectivity index (χ1n) is 6.39. The van der Waals surface area contributed by atoms with Gasteiger partial charge in [0, 0.05) is 13.0 Å². The van der Waals surface area contributed by atoms with Crippen LogP contribution < -0.4 is 14.8 Å². The lowest BCUT2D eigenvalue weighted by Crippen LogP contribution is -2.07. The second kappa shape index (κ2) is 7.53. The van der Waals surface area contributed by atoms with Gasteiger partial charge in [-0.3, -0.25) is 0 Å². The molecule has 1 aromatic carbocycles. The molecule has 0 radical (unpaired) electrons. The first-order chi connectivity index (χ1) is 9.74. The van der Waals surface area contributed by atoms with Crippen molar-refractivity contribution in [1.82, 2.24) is 5.32 Å². The Labute approximate surface area is 128 Å². The summed E-state index contributed by atoms with van der Waals surface area (Å²) in [4.78, 5) is 0. The molecule has 0 aliphatic heterocycles. The summed E-state index contributed by atoms with van der Waals surface area (Å²) in [5.74, 6) is 1.29. The molecule has 1 aromatic heterocycles. The van der Waals surface area contributed by atoms with E-state index < -0.39 is 0 Å². The highest BCUT2D eigenvalue weighted by Crippen LogP contribution is 2.36. The molecule has 0 fully saturated rings. The van der Waals surface area contributed by atoms with Crippen LogP contribution in [0.5, 0.6) is 11.5 Å². The van der Waals surface area contributed by atoms with Crippen molar-refractivity contribution in [3.8, 4) is 11.5 Å². The van der Waals surface area contributed by atoms with E-state index in [9.17, 15) is 0 Å². The third-order valence-corrected chi connectivity index (χ3v) is 3.90. The monoisotopic (exact) mass is 311 g/mol. The quantitative estimate of drug-likeness (QED) is 0.844. The first-order valence-corrected chi connectivity index (χ1v) is 7.71. The van der Waals surface area contributed by atoms with E-state index in [1.807, 2.05) is 19.2 Å². The number of hydrogen-bond donors (Lipinski definition) is 1. The van der Waals surface area contributed by atoms with Crippen molar-refractivity contribution in [3.63, 3.8) is 0 Å². The zero-order chi connectivity index (χ0) is 14.4. The molecule has 0 aliphatic carbocycles. The van der Waals surface area contributed by atoms with Gasteiger partial charge >= 0.3 is 0 Å². The van der Waals surface area contributed by atoms with E-state index in [1.54, 1.807) is 18.4 Å². The zero-order valence-electron chi connectivity index (χ0n) is 11.6. The van der Waals surface area contributed by atoms with Crippen LogP contribution in [0.4, 0.5) is 0 Å². The van der Waals surface area contributed by atoms with E-state index in [2.05, 4.69) is 22.1 Å². The summed E-state index contributed by atoms with van der Waals surface area (Å²) >= 11 is 7.97. The molecule has 5 heteroatoms. The van der Waals surface area contributed by atoms with Crippen LogP contribution in [0.3, 0.4) is 0 Å². The summed E-state index contributed by atoms with van der Waals surface area (Å²) in [6, 6.07) is 5.95. The van der Waals surface area contributed by atoms with Crippen LogP contribution >= 0.6 is 22.9 Å². The lowest BCUT2D eigenvalue weighted by molar-refractivity contribution is 0.297. The highest BCUT2D eigenvalue weighted by molar-refractivity contribution is 7.07. The topological polar surface area (TPSA) is 30.5 Å². The Kier molecular flexibility index (Phi) is 5.71. The van der Waals surface area contributed by atoms with E-state index in [4.69, 9.17) is 21.1 Å². The maximum absolute atomic E-state index is 6.28. The molecule has 0 bridgehead atoms. The van der Waals surface area contributed by atoms with E-state index in [-0.39, 0.29) is 0 Å². The highest BCUT2D eigenvalue weighted by atomic mass is 35.5. The van der Waals surface area contributed by atoms with Crippen molar-refractivity contribution < 1.29 is 9.47 Å². The minimum Gasteiger partial charge on any atom is -0.493 e. The van der Waals surface area contributed by atoms with Crippen molar-refractivity contribution >= 4 is 22.9 Å². The Morgan fingerprint density at radius 3 is 2.80 bits per heavy atom. The second-order valence-corrected chi connectivity index (χ2v) is 5.56. The standard InChI is InChI=1S/C15H18ClNO2S/c1-17-9-12-7-13(16)15(14(8-12)18-2)19-5-3-11-4-6-20-10-11/h4,6-8,10,17H,3,5,9H2,1-2H3. The Bertz CT molecular complexity index is 543. The van der Waals surface area contributed by atoms with Gasteiger partial charge in [0.15, 0.2) is 11.5 Å². The van der Waals surface area contributed by atoms with Gasteiger partial charge in [-0.05, 0) is 47.1 Å². The molecule has 2 rings (SSSR count). The molecule has 3 nitrogen and oxygen atoms in total. The van der Waals surface area contributed by atoms with Crippen LogP contribution in [0.15, 0.2) is 29.0 Å². The summed E-state index contributed by atoms with van der Waals surface area (Å²) in [6.07, 6.45) is 0.862. The molecular weight excluding hydrogens is 294 g/mol. The lowest BCUT2D eigenvalue weighted by Gasteiger charge is -2.14. The molecule has 1 heterocycles. The number of thiophene rings is 1. The van der Waals surface area contributed by atoms with Crippen molar-refractivity contribution in [2.75, 3.05) is 20.8 Å². The largest absolute Gasteiger partial charge is 0.493 e. The fourth-order valence-corrected chi connectivity index (χ4v) is 2.92. The predicted molar refractivity (Wildman–Crippen MR) is 84.3 cm³/mol. The van der Waals surface area contributed by atoms with E-state index >= 15 is 0 Å². The summed E-state index contributed by atoms with van der Waals surface area (Å²) in [5, 5.41) is 7.86. The number of hydrogen-bond acceptors (Lipinski definition) is 4. The molecule has 0 unspecified atom stereocenters. The molecule has 0 aliphatic rings. The Morgan fingerprint density at radius 2 is 2.15 bits per heavy atom. The van der Waals surface area contributed by atoms with Gasteiger partial charge < -0.3 is 14.8 Å². The highest BCUT2D eigenvalue weighted by Gasteiger charge is 2.12. The smallest absolute Gasteiger partial charge is 0.179 e. The van der Waals surface area contributed by atoms with Gasteiger partial charge in [-0.1, -0.05) is 11.6 Å². The van der Waals surface area contributed by atoms with Gasteiger partial charge in [-0.2, -0.15) is 11.3 Å². The van der Waals surface area contributed by atoms with Gasteiger partial charge in [-0.15, -0.1) is 0 Å². The fourth-order valence-electron chi connectivity index (χ4n) is 1.93. The summed E-state index contributed by atoms with van der Waals surface area (Å²) in [7, 11) is 3.52. The summed E-state index contributed by atoms with van der Waals surface area (Å²) in [5.41, 5.74) is 2.34. The molecular formula is C15H18ClNO2S. The molecule has 0 atom stereocenters. The van der Waals surface area contributed by atoms with Crippen LogP contribution in [0.25, 0.3) is 0 Å². The van der Waals surface area contributed by atoms with Crippen molar-refractivity contribution in [3.05, 3.63) is 45.1 Å². The Balaban J connectivity index is 2.06. The van der Waals surface area contributed by atoms with Gasteiger partial charge in [0.2, 0.25) is 0 Å². The normalized spacial score (nSPS) is 10.6. The molecule has 20 heavy (non-hydrogen) atoms. The van der Waals surface area contributed by atoms with Crippen molar-refractivity contribution in [2.24, 2.45) is 0 Å². The lowest BCUT2D eigenvalue weighted by atomic mass is 10.2. The fraction of sp³-hybridized carbons (Fsp3) is 0.333. The Morgan fingerprint density at radius 1 is 1.30 bits per heavy atom. The van der Waals surface area contributed by atoms with Gasteiger partial charge in [0.25, 0.3) is 0 Å². The number of halogens is 1. The number of rotatable bonds is 7. The SMILES string of the molecule is CNCc1cc(Cl)c(OCCc2ccsc2)c(OC)c1. The number of ether oxygens (including phenoxy) is 2. The van der Waals surface area contributed by atoms with Crippen molar-refractivity contribution in [2.45, 2.75) is 13.0 Å². The van der Waals surface area contributed by atoms with Crippen LogP contribution in [-0.2, 0) is 13.0 Å². The van der Waals surface area contributed by atoms with Crippen LogP contribution in [0.2, 0.25) is 5.02 Å². The Hall–Kier alpha value is -1.23. The average Bonchev–Trinajstić information content (AvgIpc) is 2.94. The average molecular weight is 312 g/mol. The molecule has 0 spiro atoms. The predicted octanol–water partition coefficient (Wildman–Crippen LogP) is 3.75. The molecule has 1 N–H and O–H groups in total. The maximum Gasteiger partial charge on any atom is 0.179 e. The second-order valence-electron chi connectivity index (χ2n) is 4.37. The van der Waals surface area contributed by atoms with Crippen molar-refractivity contribution in [1.29, 1.82) is 0 Å². The van der Waals surface area contributed by atoms with Crippen LogP contribution in [-0.4, -0.2) is 20.8 Å². The first kappa shape index (κ1) is 15.2. The third kappa shape index (κ3) is 3.88. The minimum absolute atomic E-state index is 0.582. The summed E-state index contributed by atoms with van der Waals surface area (Å²) in [6.45, 7) is 1.32. The number of methoxy groups -OCH3 is 1. The van der Waals surface area contributed by atoms with Crippen LogP contribution in [0, 0.1) is 0 Å². The minimum atomic E-state index is 0.582. The van der Waals surface area contributed by atoms with Gasteiger partial charge in [0.05, 0.1) is 18.7 Å². The molecule has 0 amide bonds. The van der Waals surface area contributed by atoms with Crippen LogP contribution in [0.1, 0.15) is 11.1 Å². The van der Waals surface area contributed by atoms with E-state index in [0.29, 0.717) is 23.1 Å². The zero-order valence-corrected chi connectivity index (χ0v) is 13.2. The maximum atomic E-state index is 6.28. The number of benzene rings is 1. The van der Waals surface area contributed by atoms with E-state index in [1.165, 1.54) is 5.56 Å². The third-order valence-electron chi connectivity index (χ3n) is 2.89. The molecule has 0 saturated heterocycles. The van der Waals surface area contributed by atoms with E-state index in [0.717, 1.165) is 18.5 Å². The number of nitrogens with one attached hydrogen (secondary N) is 1. The summed E-state index contributed by atoms with van der Waals surface area (Å²) < 4.78 is 11.2. The molecule has 108 valence electrons. The molecule has 0 saturated carbocycles. The van der Waals surface area contributed by atoms with Gasteiger partial charge in [0.1, 0.15) is 0 Å². The van der Waals surface area contributed by atoms with Gasteiger partial charge in [-0.25, -0.2) is 0 Å². The molecule has 2 aromatic rings.